The predicted molar refractivity (Wildman–Crippen MR) is 74.3 cm³/mol. The van der Waals surface area contributed by atoms with E-state index in [2.05, 4.69) is 21.2 Å². The summed E-state index contributed by atoms with van der Waals surface area (Å²) >= 11 is 11.0. The summed E-state index contributed by atoms with van der Waals surface area (Å²) in [4.78, 5) is 0. The molecule has 0 saturated carbocycles. The molecule has 0 aliphatic rings. The summed E-state index contributed by atoms with van der Waals surface area (Å²) in [7, 11) is 1.79. The number of nitrogens with one attached hydrogen (secondary N) is 1. The molecule has 0 aliphatic carbocycles. The second-order valence-corrected chi connectivity index (χ2v) is 6.24. The molecule has 1 N–H and O–H groups in total. The van der Waals surface area contributed by atoms with Crippen LogP contribution < -0.4 is 5.32 Å². The number of rotatable bonds is 3. The molecule has 0 saturated heterocycles. The zero-order valence-electron chi connectivity index (χ0n) is 9.01. The van der Waals surface area contributed by atoms with Crippen LogP contribution in [0.4, 0.5) is 4.39 Å². The molecular weight excluding hydrogens is 325 g/mol. The van der Waals surface area contributed by atoms with E-state index in [1.54, 1.807) is 30.5 Å². The number of hydrogen-bond donors (Lipinski definition) is 1. The van der Waals surface area contributed by atoms with Crippen LogP contribution in [-0.2, 0) is 0 Å². The molecule has 1 nitrogen and oxygen atoms in total. The van der Waals surface area contributed by atoms with Gasteiger partial charge >= 0.3 is 0 Å². The van der Waals surface area contributed by atoms with E-state index in [0.29, 0.717) is 10.6 Å². The Hall–Kier alpha value is -0.420. The van der Waals surface area contributed by atoms with Crippen molar-refractivity contribution in [3.8, 4) is 0 Å². The van der Waals surface area contributed by atoms with Crippen molar-refractivity contribution < 1.29 is 4.39 Å². The highest BCUT2D eigenvalue weighted by Crippen LogP contribution is 2.33. The Morgan fingerprint density at radius 1 is 1.47 bits per heavy atom. The van der Waals surface area contributed by atoms with Gasteiger partial charge < -0.3 is 5.32 Å². The molecule has 17 heavy (non-hydrogen) atoms. The maximum atomic E-state index is 13.8. The Kier molecular flexibility index (Phi) is 4.20. The lowest BCUT2D eigenvalue weighted by molar-refractivity contribution is 0.577. The van der Waals surface area contributed by atoms with Crippen LogP contribution in [-0.4, -0.2) is 7.05 Å². The number of halogens is 3. The number of benzene rings is 1. The molecule has 1 aromatic carbocycles. The van der Waals surface area contributed by atoms with Gasteiger partial charge in [-0.3, -0.25) is 0 Å². The predicted octanol–water partition coefficient (Wildman–Crippen LogP) is 4.61. The van der Waals surface area contributed by atoms with Gasteiger partial charge in [0.2, 0.25) is 0 Å². The van der Waals surface area contributed by atoms with Gasteiger partial charge in [0, 0.05) is 10.6 Å². The van der Waals surface area contributed by atoms with E-state index in [1.807, 2.05) is 11.4 Å². The molecule has 5 heteroatoms. The number of hydrogen-bond acceptors (Lipinski definition) is 2. The third-order valence-corrected chi connectivity index (χ3v) is 4.35. The van der Waals surface area contributed by atoms with Gasteiger partial charge in [-0.1, -0.05) is 17.7 Å². The van der Waals surface area contributed by atoms with E-state index in [9.17, 15) is 4.39 Å². The third-order valence-electron chi connectivity index (χ3n) is 2.50. The Morgan fingerprint density at radius 2 is 2.24 bits per heavy atom. The first-order chi connectivity index (χ1) is 8.13. The third kappa shape index (κ3) is 2.71. The average Bonchev–Trinajstić information content (AvgIpc) is 2.70. The minimum absolute atomic E-state index is 0.230. The second-order valence-electron chi connectivity index (χ2n) is 3.54. The Morgan fingerprint density at radius 3 is 2.76 bits per heavy atom. The van der Waals surface area contributed by atoms with Gasteiger partial charge in [-0.2, -0.15) is 0 Å². The normalized spacial score (nSPS) is 12.7. The highest BCUT2D eigenvalue weighted by atomic mass is 79.9. The fourth-order valence-corrected chi connectivity index (χ4v) is 3.21. The Bertz CT molecular complexity index is 509. The highest BCUT2D eigenvalue weighted by molar-refractivity contribution is 9.11. The van der Waals surface area contributed by atoms with Crippen molar-refractivity contribution in [2.24, 2.45) is 0 Å². The lowest BCUT2D eigenvalue weighted by atomic mass is 10.0. The van der Waals surface area contributed by atoms with Crippen LogP contribution in [0, 0.1) is 5.82 Å². The van der Waals surface area contributed by atoms with Crippen LogP contribution in [0.1, 0.15) is 17.2 Å². The van der Waals surface area contributed by atoms with Crippen molar-refractivity contribution >= 4 is 38.9 Å². The van der Waals surface area contributed by atoms with Gasteiger partial charge in [-0.05, 0) is 52.1 Å². The molecule has 1 unspecified atom stereocenters. The first-order valence-electron chi connectivity index (χ1n) is 4.98. The molecule has 2 rings (SSSR count). The first-order valence-corrected chi connectivity index (χ1v) is 7.03. The van der Waals surface area contributed by atoms with E-state index < -0.39 is 0 Å². The quantitative estimate of drug-likeness (QED) is 0.864. The number of thiophene rings is 1. The molecule has 1 heterocycles. The van der Waals surface area contributed by atoms with E-state index in [0.717, 1.165) is 9.35 Å². The van der Waals surface area contributed by atoms with Crippen molar-refractivity contribution in [3.05, 3.63) is 55.4 Å². The summed E-state index contributed by atoms with van der Waals surface area (Å²) in [5.74, 6) is -0.292. The van der Waals surface area contributed by atoms with Gasteiger partial charge in [0.25, 0.3) is 0 Å². The Labute approximate surface area is 117 Å². The summed E-state index contributed by atoms with van der Waals surface area (Å²) in [5.41, 5.74) is 1.48. The van der Waals surface area contributed by atoms with Crippen LogP contribution in [0.15, 0.2) is 33.4 Å². The minimum Gasteiger partial charge on any atom is -0.309 e. The van der Waals surface area contributed by atoms with Crippen molar-refractivity contribution in [3.63, 3.8) is 0 Å². The minimum atomic E-state index is -0.292. The standard InChI is InChI=1S/C12H10BrClFNS/c1-16-12(7-5-10(13)17-6-7)11-8(14)3-2-4-9(11)15/h2-6,12,16H,1H3. The molecule has 0 spiro atoms. The van der Waals surface area contributed by atoms with Gasteiger partial charge in [0.15, 0.2) is 0 Å². The molecular formula is C12H10BrClFNS. The zero-order chi connectivity index (χ0) is 12.4. The van der Waals surface area contributed by atoms with Crippen LogP contribution in [0.25, 0.3) is 0 Å². The van der Waals surface area contributed by atoms with Crippen molar-refractivity contribution in [2.75, 3.05) is 7.05 Å². The Balaban J connectivity index is 2.49. The summed E-state index contributed by atoms with van der Waals surface area (Å²) in [6, 6.07) is 6.47. The second kappa shape index (κ2) is 5.48. The SMILES string of the molecule is CNC(c1csc(Br)c1)c1c(F)cccc1Cl. The van der Waals surface area contributed by atoms with Gasteiger partial charge in [-0.25, -0.2) is 4.39 Å². The largest absolute Gasteiger partial charge is 0.309 e. The van der Waals surface area contributed by atoms with Crippen molar-refractivity contribution in [1.29, 1.82) is 0 Å². The van der Waals surface area contributed by atoms with Crippen LogP contribution in [0.5, 0.6) is 0 Å². The molecule has 0 radical (unpaired) electrons. The van der Waals surface area contributed by atoms with Crippen LogP contribution in [0.3, 0.4) is 0 Å². The molecule has 2 aromatic rings. The summed E-state index contributed by atoms with van der Waals surface area (Å²) in [5, 5.41) is 5.51. The lowest BCUT2D eigenvalue weighted by Crippen LogP contribution is -2.18. The molecule has 0 bridgehead atoms. The monoisotopic (exact) mass is 333 g/mol. The van der Waals surface area contributed by atoms with Gasteiger partial charge in [0.1, 0.15) is 5.82 Å². The van der Waals surface area contributed by atoms with E-state index in [-0.39, 0.29) is 11.9 Å². The lowest BCUT2D eigenvalue weighted by Gasteiger charge is -2.17. The fraction of sp³-hybridized carbons (Fsp3) is 0.167. The molecule has 0 aliphatic heterocycles. The van der Waals surface area contributed by atoms with E-state index in [1.165, 1.54) is 6.07 Å². The zero-order valence-corrected chi connectivity index (χ0v) is 12.2. The van der Waals surface area contributed by atoms with Gasteiger partial charge in [0.05, 0.1) is 9.83 Å². The molecule has 1 aromatic heterocycles. The maximum Gasteiger partial charge on any atom is 0.129 e. The van der Waals surface area contributed by atoms with Crippen LogP contribution in [0.2, 0.25) is 5.02 Å². The highest BCUT2D eigenvalue weighted by Gasteiger charge is 2.20. The first kappa shape index (κ1) is 13.0. The van der Waals surface area contributed by atoms with Crippen LogP contribution >= 0.6 is 38.9 Å². The average molecular weight is 335 g/mol. The molecule has 90 valence electrons. The molecule has 1 atom stereocenters. The molecule has 0 amide bonds. The molecule has 0 fully saturated rings. The fourth-order valence-electron chi connectivity index (χ4n) is 1.74. The summed E-state index contributed by atoms with van der Waals surface area (Å²) in [6.07, 6.45) is 0. The van der Waals surface area contributed by atoms with E-state index in [4.69, 9.17) is 11.6 Å². The summed E-state index contributed by atoms with van der Waals surface area (Å²) < 4.78 is 14.9. The van der Waals surface area contributed by atoms with Crippen molar-refractivity contribution in [1.82, 2.24) is 5.32 Å². The summed E-state index contributed by atoms with van der Waals surface area (Å²) in [6.45, 7) is 0. The van der Waals surface area contributed by atoms with Crippen molar-refractivity contribution in [2.45, 2.75) is 6.04 Å². The topological polar surface area (TPSA) is 12.0 Å². The maximum absolute atomic E-state index is 13.8. The van der Waals surface area contributed by atoms with E-state index >= 15 is 0 Å². The smallest absolute Gasteiger partial charge is 0.129 e. The van der Waals surface area contributed by atoms with Gasteiger partial charge in [-0.15, -0.1) is 11.3 Å².